The fourth-order valence-electron chi connectivity index (χ4n) is 3.50. The van der Waals surface area contributed by atoms with Crippen molar-refractivity contribution in [2.45, 2.75) is 38.5 Å². The van der Waals surface area contributed by atoms with E-state index in [4.69, 9.17) is 0 Å². The van der Waals surface area contributed by atoms with Gasteiger partial charge in [0.15, 0.2) is 5.82 Å². The molecule has 0 saturated heterocycles. The van der Waals surface area contributed by atoms with Gasteiger partial charge in [-0.1, -0.05) is 12.1 Å². The summed E-state index contributed by atoms with van der Waals surface area (Å²) in [4.78, 5) is 12.6. The van der Waals surface area contributed by atoms with Gasteiger partial charge in [0.2, 0.25) is 0 Å². The van der Waals surface area contributed by atoms with Crippen molar-refractivity contribution in [2.24, 2.45) is 7.05 Å². The molecule has 1 aliphatic heterocycles. The second kappa shape index (κ2) is 7.98. The Hall–Kier alpha value is -3.30. The minimum atomic E-state index is -2.99. The van der Waals surface area contributed by atoms with E-state index in [1.165, 1.54) is 12.1 Å². The molecule has 10 heteroatoms. The predicted octanol–water partition coefficient (Wildman–Crippen LogP) is 2.41. The largest absolute Gasteiger partial charge is 0.434 e. The molecule has 1 amide bonds. The molecule has 2 aromatic heterocycles. The smallest absolute Gasteiger partial charge is 0.387 e. The van der Waals surface area contributed by atoms with Gasteiger partial charge < -0.3 is 14.6 Å². The summed E-state index contributed by atoms with van der Waals surface area (Å²) < 4.78 is 33.4. The average Bonchev–Trinajstić information content (AvgIpc) is 3.24. The van der Waals surface area contributed by atoms with Gasteiger partial charge in [0, 0.05) is 32.3 Å². The van der Waals surface area contributed by atoms with E-state index in [0.717, 1.165) is 17.2 Å². The molecule has 1 unspecified atom stereocenters. The van der Waals surface area contributed by atoms with Crippen LogP contribution in [0, 0.1) is 0 Å². The van der Waals surface area contributed by atoms with Crippen molar-refractivity contribution in [1.29, 1.82) is 0 Å². The molecule has 8 nitrogen and oxygen atoms in total. The highest BCUT2D eigenvalue weighted by Crippen LogP contribution is 2.24. The molecule has 1 atom stereocenters. The quantitative estimate of drug-likeness (QED) is 0.708. The van der Waals surface area contributed by atoms with Gasteiger partial charge in [-0.15, -0.1) is 10.2 Å². The van der Waals surface area contributed by atoms with Crippen molar-refractivity contribution in [1.82, 2.24) is 29.9 Å². The molecule has 3 aromatic rings. The van der Waals surface area contributed by atoms with Crippen molar-refractivity contribution in [3.63, 3.8) is 0 Å². The van der Waals surface area contributed by atoms with E-state index in [0.29, 0.717) is 25.8 Å². The summed E-state index contributed by atoms with van der Waals surface area (Å²) in [5.74, 6) is 1.03. The number of nitrogens with one attached hydrogen (secondary N) is 1. The van der Waals surface area contributed by atoms with Crippen molar-refractivity contribution < 1.29 is 18.3 Å². The maximum atomic E-state index is 12.6. The van der Waals surface area contributed by atoms with Crippen molar-refractivity contribution in [2.75, 3.05) is 0 Å². The van der Waals surface area contributed by atoms with Crippen LogP contribution >= 0.6 is 0 Å². The first kappa shape index (κ1) is 19.0. The van der Waals surface area contributed by atoms with E-state index in [1.807, 2.05) is 17.8 Å². The van der Waals surface area contributed by atoms with Crippen LogP contribution in [0.2, 0.25) is 0 Å². The van der Waals surface area contributed by atoms with Gasteiger partial charge in [-0.3, -0.25) is 9.48 Å². The standard InChI is InChI=1S/C19H20F2N6O2/c1-26-11-12(10-22-26)17-25-24-16-7-6-13(8-9-27(16)17)23-18(28)14-4-2-3-5-15(14)29-19(20)21/h2-5,10-11,13,19H,6-9H2,1H3,(H,23,28). The topological polar surface area (TPSA) is 86.9 Å². The molecule has 152 valence electrons. The van der Waals surface area contributed by atoms with Crippen LogP contribution in [-0.4, -0.2) is 43.1 Å². The number of carbonyl (C=O) groups excluding carboxylic acids is 1. The number of rotatable bonds is 5. The van der Waals surface area contributed by atoms with Crippen molar-refractivity contribution in [3.05, 3.63) is 48.0 Å². The summed E-state index contributed by atoms with van der Waals surface area (Å²) in [6, 6.07) is 5.87. The molecule has 4 rings (SSSR count). The minimum absolute atomic E-state index is 0.0903. The fraction of sp³-hybridized carbons (Fsp3) is 0.368. The number of hydrogen-bond acceptors (Lipinski definition) is 5. The van der Waals surface area contributed by atoms with E-state index in [1.54, 1.807) is 23.0 Å². The van der Waals surface area contributed by atoms with Crippen LogP contribution in [0.1, 0.15) is 29.0 Å². The van der Waals surface area contributed by atoms with Crippen LogP contribution in [-0.2, 0) is 20.0 Å². The first-order valence-electron chi connectivity index (χ1n) is 9.27. The number of amides is 1. The normalized spacial score (nSPS) is 16.3. The van der Waals surface area contributed by atoms with Gasteiger partial charge >= 0.3 is 6.61 Å². The van der Waals surface area contributed by atoms with Crippen molar-refractivity contribution >= 4 is 5.91 Å². The molecular formula is C19H20F2N6O2. The Labute approximate surface area is 165 Å². The molecular weight excluding hydrogens is 382 g/mol. The van der Waals surface area contributed by atoms with Crippen LogP contribution in [0.4, 0.5) is 8.78 Å². The molecule has 3 heterocycles. The molecule has 0 spiro atoms. The number of aryl methyl sites for hydroxylation is 2. The number of hydrogen-bond donors (Lipinski definition) is 1. The number of ether oxygens (including phenoxy) is 1. The molecule has 0 fully saturated rings. The minimum Gasteiger partial charge on any atom is -0.434 e. The first-order valence-corrected chi connectivity index (χ1v) is 9.27. The lowest BCUT2D eigenvalue weighted by Crippen LogP contribution is -2.35. The summed E-state index contributed by atoms with van der Waals surface area (Å²) in [5, 5.41) is 15.7. The van der Waals surface area contributed by atoms with E-state index in [2.05, 4.69) is 25.3 Å². The lowest BCUT2D eigenvalue weighted by Gasteiger charge is -2.17. The highest BCUT2D eigenvalue weighted by Gasteiger charge is 2.24. The third-order valence-corrected chi connectivity index (χ3v) is 4.89. The average molecular weight is 402 g/mol. The molecule has 0 aliphatic carbocycles. The Morgan fingerprint density at radius 1 is 1.28 bits per heavy atom. The molecule has 1 N–H and O–H groups in total. The Kier molecular flexibility index (Phi) is 5.24. The van der Waals surface area contributed by atoms with Crippen LogP contribution in [0.25, 0.3) is 11.4 Å². The van der Waals surface area contributed by atoms with Gasteiger partial charge in [-0.05, 0) is 25.0 Å². The van der Waals surface area contributed by atoms with Gasteiger partial charge in [-0.25, -0.2) is 0 Å². The van der Waals surface area contributed by atoms with Crippen LogP contribution in [0.5, 0.6) is 5.75 Å². The fourth-order valence-corrected chi connectivity index (χ4v) is 3.50. The lowest BCUT2D eigenvalue weighted by atomic mass is 10.1. The highest BCUT2D eigenvalue weighted by atomic mass is 19.3. The van der Waals surface area contributed by atoms with E-state index < -0.39 is 12.5 Å². The molecule has 0 saturated carbocycles. The second-order valence-corrected chi connectivity index (χ2v) is 6.87. The SMILES string of the molecule is Cn1cc(-c2nnc3n2CCC(NC(=O)c2ccccc2OC(F)F)CC3)cn1. The van der Waals surface area contributed by atoms with Crippen LogP contribution in [0.15, 0.2) is 36.7 Å². The maximum absolute atomic E-state index is 12.6. The van der Waals surface area contributed by atoms with Gasteiger partial charge in [0.1, 0.15) is 11.6 Å². The van der Waals surface area contributed by atoms with E-state index in [-0.39, 0.29) is 17.4 Å². The summed E-state index contributed by atoms with van der Waals surface area (Å²) in [7, 11) is 1.84. The second-order valence-electron chi connectivity index (χ2n) is 6.87. The number of nitrogens with zero attached hydrogens (tertiary/aromatic N) is 5. The van der Waals surface area contributed by atoms with Gasteiger partial charge in [0.25, 0.3) is 5.91 Å². The lowest BCUT2D eigenvalue weighted by molar-refractivity contribution is -0.0501. The molecule has 0 bridgehead atoms. The number of benzene rings is 1. The van der Waals surface area contributed by atoms with E-state index >= 15 is 0 Å². The van der Waals surface area contributed by atoms with E-state index in [9.17, 15) is 13.6 Å². The Bertz CT molecular complexity index is 1020. The summed E-state index contributed by atoms with van der Waals surface area (Å²) >= 11 is 0. The Balaban J connectivity index is 1.46. The van der Waals surface area contributed by atoms with Crippen LogP contribution < -0.4 is 10.1 Å². The summed E-state index contributed by atoms with van der Waals surface area (Å²) in [5.41, 5.74) is 0.972. The first-order chi connectivity index (χ1) is 14.0. The Morgan fingerprint density at radius 3 is 2.86 bits per heavy atom. The number of carbonyl (C=O) groups is 1. The zero-order chi connectivity index (χ0) is 20.4. The monoisotopic (exact) mass is 402 g/mol. The summed E-state index contributed by atoms with van der Waals surface area (Å²) in [6.07, 6.45) is 5.60. The van der Waals surface area contributed by atoms with Crippen molar-refractivity contribution in [3.8, 4) is 17.1 Å². The number of halogens is 2. The van der Waals surface area contributed by atoms with Gasteiger partial charge in [-0.2, -0.15) is 13.9 Å². The zero-order valence-electron chi connectivity index (χ0n) is 15.8. The number of fused-ring (bicyclic) bond motifs is 1. The Morgan fingerprint density at radius 2 is 2.10 bits per heavy atom. The maximum Gasteiger partial charge on any atom is 0.387 e. The molecule has 29 heavy (non-hydrogen) atoms. The zero-order valence-corrected chi connectivity index (χ0v) is 15.8. The van der Waals surface area contributed by atoms with Crippen LogP contribution in [0.3, 0.4) is 0 Å². The molecule has 1 aromatic carbocycles. The molecule has 0 radical (unpaired) electrons. The third kappa shape index (κ3) is 4.10. The number of aromatic nitrogens is 5. The molecule has 1 aliphatic rings. The van der Waals surface area contributed by atoms with Gasteiger partial charge in [0.05, 0.1) is 17.3 Å². The third-order valence-electron chi connectivity index (χ3n) is 4.89. The number of para-hydroxylation sites is 1. The summed E-state index contributed by atoms with van der Waals surface area (Å²) in [6.45, 7) is -2.36. The highest BCUT2D eigenvalue weighted by molar-refractivity contribution is 5.97. The number of alkyl halides is 2. The predicted molar refractivity (Wildman–Crippen MR) is 99.5 cm³/mol.